The lowest BCUT2D eigenvalue weighted by Gasteiger charge is -2.27. The minimum atomic E-state index is -0.265. The Labute approximate surface area is 109 Å². The lowest BCUT2D eigenvalue weighted by molar-refractivity contribution is 0.0564. The number of nitrogens with zero attached hydrogens (tertiary/aromatic N) is 4. The van der Waals surface area contributed by atoms with E-state index in [0.29, 0.717) is 37.7 Å². The smallest absolute Gasteiger partial charge is 0.323 e. The monoisotopic (exact) mass is 268 g/mol. The van der Waals surface area contributed by atoms with E-state index in [2.05, 4.69) is 15.6 Å². The molecule has 1 aliphatic rings. The fraction of sp³-hybridized carbons (Fsp3) is 0.500. The molecule has 0 bridgehead atoms. The first-order valence-electron chi connectivity index (χ1n) is 5.77. The largest absolute Gasteiger partial charge is 0.409 e. The third-order valence-corrected chi connectivity index (χ3v) is 2.85. The lowest BCUT2D eigenvalue weighted by Crippen LogP contribution is -2.43. The van der Waals surface area contributed by atoms with Crippen molar-refractivity contribution in [1.82, 2.24) is 14.7 Å². The molecule has 1 aliphatic heterocycles. The van der Waals surface area contributed by atoms with E-state index in [4.69, 9.17) is 15.7 Å². The average molecular weight is 268 g/mol. The molecule has 0 atom stereocenters. The van der Waals surface area contributed by atoms with E-state index < -0.39 is 0 Å². The van der Waals surface area contributed by atoms with Crippen LogP contribution in [0.3, 0.4) is 0 Å². The molecule has 2 amide bonds. The zero-order valence-corrected chi connectivity index (χ0v) is 10.5. The molecule has 104 valence electrons. The minimum absolute atomic E-state index is 0.106. The van der Waals surface area contributed by atoms with E-state index in [0.717, 1.165) is 0 Å². The van der Waals surface area contributed by atoms with Gasteiger partial charge in [-0.2, -0.15) is 5.10 Å². The summed E-state index contributed by atoms with van der Waals surface area (Å²) in [5, 5.41) is 18.3. The van der Waals surface area contributed by atoms with Crippen molar-refractivity contribution in [1.29, 1.82) is 0 Å². The number of hydrogen-bond donors (Lipinski definition) is 3. The number of urea groups is 1. The summed E-state index contributed by atoms with van der Waals surface area (Å²) in [5.74, 6) is 0.275. The highest BCUT2D eigenvalue weighted by Gasteiger charge is 2.20. The number of aryl methyl sites for hydroxylation is 1. The molecule has 1 aromatic rings. The van der Waals surface area contributed by atoms with E-state index in [1.54, 1.807) is 11.9 Å². The molecular formula is C10H16N6O3. The van der Waals surface area contributed by atoms with Crippen molar-refractivity contribution in [2.24, 2.45) is 17.9 Å². The van der Waals surface area contributed by atoms with Crippen LogP contribution in [0.25, 0.3) is 0 Å². The van der Waals surface area contributed by atoms with Gasteiger partial charge in [-0.1, -0.05) is 5.16 Å². The third kappa shape index (κ3) is 2.76. The maximum Gasteiger partial charge on any atom is 0.323 e. The van der Waals surface area contributed by atoms with Crippen LogP contribution in [0.5, 0.6) is 0 Å². The van der Waals surface area contributed by atoms with Gasteiger partial charge in [-0.3, -0.25) is 10.00 Å². The van der Waals surface area contributed by atoms with Crippen LogP contribution in [0, 0.1) is 0 Å². The Morgan fingerprint density at radius 3 is 2.89 bits per heavy atom. The van der Waals surface area contributed by atoms with Crippen molar-refractivity contribution < 1.29 is 14.7 Å². The zero-order valence-electron chi connectivity index (χ0n) is 10.5. The maximum absolute atomic E-state index is 12.1. The summed E-state index contributed by atoms with van der Waals surface area (Å²) in [6.07, 6.45) is 1.42. The van der Waals surface area contributed by atoms with E-state index in [-0.39, 0.29) is 11.9 Å². The van der Waals surface area contributed by atoms with Gasteiger partial charge in [0.2, 0.25) is 0 Å². The molecular weight excluding hydrogens is 252 g/mol. The van der Waals surface area contributed by atoms with Gasteiger partial charge in [0.25, 0.3) is 0 Å². The zero-order chi connectivity index (χ0) is 13.8. The van der Waals surface area contributed by atoms with Crippen LogP contribution in [0.15, 0.2) is 11.4 Å². The number of ether oxygens (including phenoxy) is 1. The summed E-state index contributed by atoms with van der Waals surface area (Å²) in [5.41, 5.74) is 5.89. The van der Waals surface area contributed by atoms with Crippen LogP contribution in [-0.2, 0) is 11.8 Å². The Morgan fingerprint density at radius 1 is 1.58 bits per heavy atom. The molecule has 0 saturated carbocycles. The quantitative estimate of drug-likeness (QED) is 0.286. The molecule has 9 heteroatoms. The van der Waals surface area contributed by atoms with Gasteiger partial charge >= 0.3 is 6.03 Å². The summed E-state index contributed by atoms with van der Waals surface area (Å²) in [6.45, 7) is 2.10. The van der Waals surface area contributed by atoms with E-state index in [9.17, 15) is 4.79 Å². The van der Waals surface area contributed by atoms with E-state index >= 15 is 0 Å². The van der Waals surface area contributed by atoms with Gasteiger partial charge < -0.3 is 20.6 Å². The second-order valence-corrected chi connectivity index (χ2v) is 4.05. The molecule has 0 unspecified atom stereocenters. The minimum Gasteiger partial charge on any atom is -0.409 e. The Balaban J connectivity index is 2.14. The normalized spacial score (nSPS) is 16.5. The van der Waals surface area contributed by atoms with Gasteiger partial charge in [0.1, 0.15) is 5.82 Å². The van der Waals surface area contributed by atoms with Gasteiger partial charge in [-0.05, 0) is 0 Å². The number of rotatable bonds is 2. The number of morpholine rings is 1. The molecule has 1 saturated heterocycles. The van der Waals surface area contributed by atoms with Crippen LogP contribution in [0.2, 0.25) is 0 Å². The highest BCUT2D eigenvalue weighted by Crippen LogP contribution is 2.14. The summed E-state index contributed by atoms with van der Waals surface area (Å²) in [6, 6.07) is -0.265. The van der Waals surface area contributed by atoms with Crippen molar-refractivity contribution in [3.05, 3.63) is 11.8 Å². The molecule has 1 aromatic heterocycles. The molecule has 1 fully saturated rings. The van der Waals surface area contributed by atoms with Gasteiger partial charge in [0, 0.05) is 20.1 Å². The lowest BCUT2D eigenvalue weighted by atomic mass is 10.3. The number of carbonyl (C=O) groups excluding carboxylic acids is 1. The molecule has 2 heterocycles. The average Bonchev–Trinajstić information content (AvgIpc) is 2.80. The van der Waals surface area contributed by atoms with Crippen LogP contribution >= 0.6 is 0 Å². The molecule has 0 radical (unpaired) electrons. The molecule has 19 heavy (non-hydrogen) atoms. The first-order chi connectivity index (χ1) is 9.13. The SMILES string of the molecule is Cn1ncc(C(N)=NO)c1NC(=O)N1CCOCC1. The number of nitrogens with one attached hydrogen (secondary N) is 1. The number of carbonyl (C=O) groups is 1. The maximum atomic E-state index is 12.1. The van der Waals surface area contributed by atoms with Crippen molar-refractivity contribution in [2.75, 3.05) is 31.6 Å². The number of aromatic nitrogens is 2. The molecule has 2 rings (SSSR count). The molecule has 0 aliphatic carbocycles. The van der Waals surface area contributed by atoms with Gasteiger partial charge in [0.05, 0.1) is 25.0 Å². The highest BCUT2D eigenvalue weighted by molar-refractivity contribution is 6.04. The van der Waals surface area contributed by atoms with Crippen LogP contribution in [0.4, 0.5) is 10.6 Å². The first kappa shape index (κ1) is 13.1. The molecule has 0 spiro atoms. The number of amidine groups is 1. The second-order valence-electron chi connectivity index (χ2n) is 4.05. The number of hydrogen-bond acceptors (Lipinski definition) is 5. The predicted octanol–water partition coefficient (Wildman–Crippen LogP) is -0.621. The van der Waals surface area contributed by atoms with Gasteiger partial charge in [-0.15, -0.1) is 0 Å². The fourth-order valence-corrected chi connectivity index (χ4v) is 1.77. The molecule has 0 aromatic carbocycles. The van der Waals surface area contributed by atoms with Gasteiger partial charge in [0.15, 0.2) is 5.84 Å². The van der Waals surface area contributed by atoms with Crippen molar-refractivity contribution in [3.63, 3.8) is 0 Å². The molecule has 9 nitrogen and oxygen atoms in total. The summed E-state index contributed by atoms with van der Waals surface area (Å²) in [4.78, 5) is 13.7. The Kier molecular flexibility index (Phi) is 3.85. The van der Waals surface area contributed by atoms with E-state index in [1.165, 1.54) is 10.9 Å². The van der Waals surface area contributed by atoms with Crippen molar-refractivity contribution >= 4 is 17.7 Å². The van der Waals surface area contributed by atoms with Crippen LogP contribution in [0.1, 0.15) is 5.56 Å². The predicted molar refractivity (Wildman–Crippen MR) is 67.1 cm³/mol. The number of amides is 2. The third-order valence-electron chi connectivity index (χ3n) is 2.85. The Hall–Kier alpha value is -2.29. The van der Waals surface area contributed by atoms with Gasteiger partial charge in [-0.25, -0.2) is 4.79 Å². The Morgan fingerprint density at radius 2 is 2.26 bits per heavy atom. The van der Waals surface area contributed by atoms with Crippen molar-refractivity contribution in [3.8, 4) is 0 Å². The summed E-state index contributed by atoms with van der Waals surface area (Å²) in [7, 11) is 1.66. The summed E-state index contributed by atoms with van der Waals surface area (Å²) >= 11 is 0. The molecule has 4 N–H and O–H groups in total. The number of anilines is 1. The standard InChI is InChI=1S/C10H16N6O3/c1-15-9(7(6-12-15)8(11)14-18)13-10(17)16-2-4-19-5-3-16/h6,18H,2-5H2,1H3,(H2,11,14)(H,13,17). The number of oxime groups is 1. The summed E-state index contributed by atoms with van der Waals surface area (Å²) < 4.78 is 6.63. The van der Waals surface area contributed by atoms with Crippen LogP contribution in [-0.4, -0.2) is 58.1 Å². The number of nitrogens with two attached hydrogens (primary N) is 1. The van der Waals surface area contributed by atoms with Crippen molar-refractivity contribution in [2.45, 2.75) is 0 Å². The van der Waals surface area contributed by atoms with E-state index in [1.807, 2.05) is 0 Å². The topological polar surface area (TPSA) is 118 Å². The van der Waals surface area contributed by atoms with Crippen LogP contribution < -0.4 is 11.1 Å². The second kappa shape index (κ2) is 5.57. The fourth-order valence-electron chi connectivity index (χ4n) is 1.77. The Bertz CT molecular complexity index is 491. The first-order valence-corrected chi connectivity index (χ1v) is 5.77. The highest BCUT2D eigenvalue weighted by atomic mass is 16.5.